The number of nitro groups is 1. The SMILES string of the molecule is CCN1CCC(CNC(=O)c2cccc([N+](=O)[O-])c2N)C1. The van der Waals surface area contributed by atoms with E-state index in [1.807, 2.05) is 0 Å². The molecular weight excluding hydrogens is 272 g/mol. The molecule has 1 fully saturated rings. The van der Waals surface area contributed by atoms with E-state index in [0.29, 0.717) is 12.5 Å². The molecule has 1 atom stereocenters. The van der Waals surface area contributed by atoms with Crippen LogP contribution in [0.2, 0.25) is 0 Å². The first-order chi connectivity index (χ1) is 10.0. The highest BCUT2D eigenvalue weighted by Gasteiger charge is 2.23. The summed E-state index contributed by atoms with van der Waals surface area (Å²) in [4.78, 5) is 24.7. The van der Waals surface area contributed by atoms with E-state index in [2.05, 4.69) is 17.1 Å². The minimum Gasteiger partial charge on any atom is -0.393 e. The number of hydrogen-bond acceptors (Lipinski definition) is 5. The van der Waals surface area contributed by atoms with Crippen LogP contribution in [0, 0.1) is 16.0 Å². The van der Waals surface area contributed by atoms with Crippen molar-refractivity contribution in [2.24, 2.45) is 5.92 Å². The molecule has 7 heteroatoms. The Morgan fingerprint density at radius 3 is 2.95 bits per heavy atom. The van der Waals surface area contributed by atoms with Crippen LogP contribution in [0.1, 0.15) is 23.7 Å². The van der Waals surface area contributed by atoms with Crippen LogP contribution in [0.15, 0.2) is 18.2 Å². The van der Waals surface area contributed by atoms with Gasteiger partial charge in [-0.2, -0.15) is 0 Å². The summed E-state index contributed by atoms with van der Waals surface area (Å²) in [6.45, 7) is 5.72. The van der Waals surface area contributed by atoms with Gasteiger partial charge in [0.1, 0.15) is 5.69 Å². The topological polar surface area (TPSA) is 102 Å². The van der Waals surface area contributed by atoms with Crippen molar-refractivity contribution in [3.05, 3.63) is 33.9 Å². The Kier molecular flexibility index (Phi) is 4.74. The zero-order chi connectivity index (χ0) is 15.4. The number of amides is 1. The molecule has 1 saturated heterocycles. The number of nitro benzene ring substituents is 1. The molecule has 1 aliphatic rings. The molecule has 0 aliphatic carbocycles. The number of benzene rings is 1. The monoisotopic (exact) mass is 292 g/mol. The Morgan fingerprint density at radius 1 is 1.57 bits per heavy atom. The highest BCUT2D eigenvalue weighted by atomic mass is 16.6. The third kappa shape index (κ3) is 3.49. The first kappa shape index (κ1) is 15.2. The third-order valence-electron chi connectivity index (χ3n) is 3.89. The fraction of sp³-hybridized carbons (Fsp3) is 0.500. The van der Waals surface area contributed by atoms with Gasteiger partial charge in [0.25, 0.3) is 11.6 Å². The Labute approximate surface area is 123 Å². The molecule has 0 aromatic heterocycles. The molecule has 1 amide bonds. The quantitative estimate of drug-likeness (QED) is 0.483. The van der Waals surface area contributed by atoms with Gasteiger partial charge < -0.3 is 16.0 Å². The van der Waals surface area contributed by atoms with E-state index in [0.717, 1.165) is 26.1 Å². The average Bonchev–Trinajstić information content (AvgIpc) is 2.92. The number of likely N-dealkylation sites (tertiary alicyclic amines) is 1. The minimum atomic E-state index is -0.581. The lowest BCUT2D eigenvalue weighted by atomic mass is 10.1. The predicted molar refractivity (Wildman–Crippen MR) is 80.1 cm³/mol. The van der Waals surface area contributed by atoms with Crippen LogP contribution in [0.4, 0.5) is 11.4 Å². The van der Waals surface area contributed by atoms with E-state index in [1.54, 1.807) is 0 Å². The number of carbonyl (C=O) groups excluding carboxylic acids is 1. The Bertz CT molecular complexity index is 547. The zero-order valence-electron chi connectivity index (χ0n) is 12.0. The summed E-state index contributed by atoms with van der Waals surface area (Å²) in [7, 11) is 0. The highest BCUT2D eigenvalue weighted by Crippen LogP contribution is 2.24. The lowest BCUT2D eigenvalue weighted by Gasteiger charge is -2.14. The van der Waals surface area contributed by atoms with Crippen molar-refractivity contribution in [1.82, 2.24) is 10.2 Å². The molecule has 0 radical (unpaired) electrons. The van der Waals surface area contributed by atoms with Crippen molar-refractivity contribution in [3.63, 3.8) is 0 Å². The molecule has 1 aromatic rings. The normalized spacial score (nSPS) is 18.6. The number of nitrogens with zero attached hydrogens (tertiary/aromatic N) is 2. The first-order valence-electron chi connectivity index (χ1n) is 7.06. The van der Waals surface area contributed by atoms with Crippen LogP contribution in [0.25, 0.3) is 0 Å². The average molecular weight is 292 g/mol. The van der Waals surface area contributed by atoms with Crippen molar-refractivity contribution in [3.8, 4) is 0 Å². The van der Waals surface area contributed by atoms with Crippen LogP contribution in [0.3, 0.4) is 0 Å². The van der Waals surface area contributed by atoms with Crippen LogP contribution < -0.4 is 11.1 Å². The summed E-state index contributed by atoms with van der Waals surface area (Å²) in [5.41, 5.74) is 5.55. The fourth-order valence-electron chi connectivity index (χ4n) is 2.61. The van der Waals surface area contributed by atoms with Gasteiger partial charge in [-0.05, 0) is 31.5 Å². The molecule has 2 rings (SSSR count). The lowest BCUT2D eigenvalue weighted by Crippen LogP contribution is -2.31. The van der Waals surface area contributed by atoms with Gasteiger partial charge >= 0.3 is 0 Å². The van der Waals surface area contributed by atoms with Gasteiger partial charge in [0, 0.05) is 19.2 Å². The summed E-state index contributed by atoms with van der Waals surface area (Å²) in [5, 5.41) is 13.6. The molecule has 7 nitrogen and oxygen atoms in total. The fourth-order valence-corrected chi connectivity index (χ4v) is 2.61. The molecule has 0 bridgehead atoms. The predicted octanol–water partition coefficient (Wildman–Crippen LogP) is 1.25. The van der Waals surface area contributed by atoms with Crippen molar-refractivity contribution < 1.29 is 9.72 Å². The standard InChI is InChI=1S/C14H20N4O3/c1-2-17-7-6-10(9-17)8-16-14(19)11-4-3-5-12(13(11)15)18(20)21/h3-5,10H,2,6-9,15H2,1H3,(H,16,19). The zero-order valence-corrected chi connectivity index (χ0v) is 12.0. The maximum atomic E-state index is 12.1. The van der Waals surface area contributed by atoms with Crippen molar-refractivity contribution >= 4 is 17.3 Å². The third-order valence-corrected chi connectivity index (χ3v) is 3.89. The lowest BCUT2D eigenvalue weighted by molar-refractivity contribution is -0.383. The van der Waals surface area contributed by atoms with Gasteiger partial charge in [0.2, 0.25) is 0 Å². The number of carbonyl (C=O) groups is 1. The maximum Gasteiger partial charge on any atom is 0.292 e. The van der Waals surface area contributed by atoms with Crippen molar-refractivity contribution in [2.45, 2.75) is 13.3 Å². The maximum absolute atomic E-state index is 12.1. The molecule has 1 aromatic carbocycles. The van der Waals surface area contributed by atoms with E-state index in [4.69, 9.17) is 5.73 Å². The smallest absolute Gasteiger partial charge is 0.292 e. The van der Waals surface area contributed by atoms with Crippen molar-refractivity contribution in [2.75, 3.05) is 31.9 Å². The Balaban J connectivity index is 1.98. The number of nitrogens with one attached hydrogen (secondary N) is 1. The molecule has 3 N–H and O–H groups in total. The molecule has 114 valence electrons. The van der Waals surface area contributed by atoms with Gasteiger partial charge in [-0.1, -0.05) is 13.0 Å². The van der Waals surface area contributed by atoms with E-state index in [9.17, 15) is 14.9 Å². The molecule has 1 aliphatic heterocycles. The van der Waals surface area contributed by atoms with Crippen LogP contribution >= 0.6 is 0 Å². The Morgan fingerprint density at radius 2 is 2.33 bits per heavy atom. The van der Waals surface area contributed by atoms with Crippen LogP contribution in [-0.4, -0.2) is 41.9 Å². The van der Waals surface area contributed by atoms with Gasteiger partial charge in [0.15, 0.2) is 0 Å². The summed E-state index contributed by atoms with van der Waals surface area (Å²) in [5.74, 6) is 0.0694. The van der Waals surface area contributed by atoms with E-state index in [1.165, 1.54) is 18.2 Å². The van der Waals surface area contributed by atoms with E-state index >= 15 is 0 Å². The molecule has 0 spiro atoms. The number of para-hydroxylation sites is 1. The second-order valence-corrected chi connectivity index (χ2v) is 5.25. The number of rotatable bonds is 5. The van der Waals surface area contributed by atoms with Crippen LogP contribution in [-0.2, 0) is 0 Å². The van der Waals surface area contributed by atoms with Gasteiger partial charge in [-0.15, -0.1) is 0 Å². The van der Waals surface area contributed by atoms with Crippen molar-refractivity contribution in [1.29, 1.82) is 0 Å². The second kappa shape index (κ2) is 6.53. The summed E-state index contributed by atoms with van der Waals surface area (Å²) >= 11 is 0. The highest BCUT2D eigenvalue weighted by molar-refractivity contribution is 6.00. The molecule has 21 heavy (non-hydrogen) atoms. The summed E-state index contributed by atoms with van der Waals surface area (Å²) in [6.07, 6.45) is 1.05. The van der Waals surface area contributed by atoms with Gasteiger partial charge in [-0.3, -0.25) is 14.9 Å². The van der Waals surface area contributed by atoms with Crippen LogP contribution in [0.5, 0.6) is 0 Å². The Hall–Kier alpha value is -2.15. The molecule has 1 heterocycles. The minimum absolute atomic E-state index is 0.0818. The van der Waals surface area contributed by atoms with E-state index < -0.39 is 4.92 Å². The second-order valence-electron chi connectivity index (χ2n) is 5.25. The molecular formula is C14H20N4O3. The largest absolute Gasteiger partial charge is 0.393 e. The number of nitrogens with two attached hydrogens (primary N) is 1. The van der Waals surface area contributed by atoms with Gasteiger partial charge in [-0.25, -0.2) is 0 Å². The molecule has 0 saturated carbocycles. The summed E-state index contributed by atoms with van der Waals surface area (Å²) in [6, 6.07) is 4.27. The number of nitrogen functional groups attached to an aromatic ring is 1. The van der Waals surface area contributed by atoms with Gasteiger partial charge in [0.05, 0.1) is 10.5 Å². The molecule has 1 unspecified atom stereocenters. The summed E-state index contributed by atoms with van der Waals surface area (Å²) < 4.78 is 0. The number of anilines is 1. The number of hydrogen-bond donors (Lipinski definition) is 2. The van der Waals surface area contributed by atoms with E-state index in [-0.39, 0.29) is 22.8 Å². The first-order valence-corrected chi connectivity index (χ1v) is 7.06.